The summed E-state index contributed by atoms with van der Waals surface area (Å²) in [7, 11) is 0. The highest BCUT2D eigenvalue weighted by atomic mass is 16.2. The Morgan fingerprint density at radius 1 is 0.714 bits per heavy atom. The van der Waals surface area contributed by atoms with Gasteiger partial charge in [-0.15, -0.1) is 0 Å². The van der Waals surface area contributed by atoms with E-state index in [0.717, 1.165) is 25.7 Å². The molecular weight excluding hydrogens is 364 g/mol. The zero-order valence-electron chi connectivity index (χ0n) is 16.9. The standard InChI is InChI=1S/2C9H17N3O2/c2*1-7(13)11-6-9(14)12-4-2-8(10)3-5-12/h2*8H,2-6,10H2,1H3,(H,11,13). The van der Waals surface area contributed by atoms with Gasteiger partial charge >= 0.3 is 0 Å². The Balaban J connectivity index is 0.000000280. The molecule has 2 saturated heterocycles. The van der Waals surface area contributed by atoms with E-state index in [0.29, 0.717) is 26.2 Å². The molecule has 10 heteroatoms. The van der Waals surface area contributed by atoms with Crippen molar-refractivity contribution in [3.8, 4) is 0 Å². The Kier molecular flexibility index (Phi) is 10.5. The van der Waals surface area contributed by atoms with Crippen molar-refractivity contribution in [2.75, 3.05) is 39.3 Å². The number of nitrogens with zero attached hydrogens (tertiary/aromatic N) is 2. The van der Waals surface area contributed by atoms with Gasteiger partial charge in [0.15, 0.2) is 0 Å². The molecule has 0 atom stereocenters. The molecule has 160 valence electrons. The molecule has 2 aliphatic rings. The Labute approximate surface area is 166 Å². The number of likely N-dealkylation sites (tertiary alicyclic amines) is 2. The van der Waals surface area contributed by atoms with Crippen LogP contribution in [0, 0.1) is 0 Å². The first-order chi connectivity index (χ1) is 13.2. The molecule has 0 saturated carbocycles. The van der Waals surface area contributed by atoms with Crippen LogP contribution in [-0.2, 0) is 19.2 Å². The van der Waals surface area contributed by atoms with Crippen LogP contribution in [0.4, 0.5) is 0 Å². The lowest BCUT2D eigenvalue weighted by Gasteiger charge is -2.30. The van der Waals surface area contributed by atoms with E-state index in [1.165, 1.54) is 13.8 Å². The van der Waals surface area contributed by atoms with Crippen LogP contribution in [0.25, 0.3) is 0 Å². The van der Waals surface area contributed by atoms with Gasteiger partial charge in [-0.1, -0.05) is 0 Å². The van der Waals surface area contributed by atoms with Gasteiger partial charge in [-0.25, -0.2) is 0 Å². The van der Waals surface area contributed by atoms with Gasteiger partial charge in [0, 0.05) is 52.1 Å². The highest BCUT2D eigenvalue weighted by Gasteiger charge is 2.21. The lowest BCUT2D eigenvalue weighted by atomic mass is 10.1. The molecule has 6 N–H and O–H groups in total. The molecule has 0 aromatic heterocycles. The van der Waals surface area contributed by atoms with Gasteiger partial charge in [-0.3, -0.25) is 19.2 Å². The number of piperidine rings is 2. The molecule has 0 aromatic rings. The number of rotatable bonds is 4. The summed E-state index contributed by atoms with van der Waals surface area (Å²) >= 11 is 0. The summed E-state index contributed by atoms with van der Waals surface area (Å²) in [6.45, 7) is 5.84. The molecule has 0 bridgehead atoms. The Bertz CT molecular complexity index is 492. The molecular formula is C18H34N6O4. The van der Waals surface area contributed by atoms with E-state index in [1.54, 1.807) is 9.80 Å². The summed E-state index contributed by atoms with van der Waals surface area (Å²) in [5.41, 5.74) is 11.4. The quantitative estimate of drug-likeness (QED) is 0.436. The van der Waals surface area contributed by atoms with E-state index < -0.39 is 0 Å². The maximum absolute atomic E-state index is 11.5. The number of nitrogens with two attached hydrogens (primary N) is 2. The molecule has 0 unspecified atom stereocenters. The van der Waals surface area contributed by atoms with E-state index >= 15 is 0 Å². The molecule has 0 spiro atoms. The predicted molar refractivity (Wildman–Crippen MR) is 105 cm³/mol. The third-order valence-electron chi connectivity index (χ3n) is 4.76. The number of carbonyl (C=O) groups is 4. The first kappa shape index (κ1) is 23.8. The van der Waals surface area contributed by atoms with Gasteiger partial charge in [-0.2, -0.15) is 0 Å². The second-order valence-corrected chi connectivity index (χ2v) is 7.26. The smallest absolute Gasteiger partial charge is 0.241 e. The van der Waals surface area contributed by atoms with Crippen LogP contribution >= 0.6 is 0 Å². The van der Waals surface area contributed by atoms with Gasteiger partial charge in [0.2, 0.25) is 23.6 Å². The molecule has 0 radical (unpaired) electrons. The minimum Gasteiger partial charge on any atom is -0.347 e. The largest absolute Gasteiger partial charge is 0.347 e. The van der Waals surface area contributed by atoms with E-state index in [2.05, 4.69) is 10.6 Å². The molecule has 2 heterocycles. The Hall–Kier alpha value is -2.20. The highest BCUT2D eigenvalue weighted by Crippen LogP contribution is 2.08. The van der Waals surface area contributed by atoms with Gasteiger partial charge < -0.3 is 31.9 Å². The van der Waals surface area contributed by atoms with Crippen LogP contribution in [0.15, 0.2) is 0 Å². The summed E-state index contributed by atoms with van der Waals surface area (Å²) in [5, 5.41) is 4.98. The van der Waals surface area contributed by atoms with Crippen molar-refractivity contribution >= 4 is 23.6 Å². The normalized spacial score (nSPS) is 18.0. The Morgan fingerprint density at radius 2 is 1.00 bits per heavy atom. The summed E-state index contributed by atoms with van der Waals surface area (Å²) in [6.07, 6.45) is 3.41. The summed E-state index contributed by atoms with van der Waals surface area (Å²) in [4.78, 5) is 47.6. The van der Waals surface area contributed by atoms with Gasteiger partial charge in [-0.05, 0) is 25.7 Å². The number of hydrogen-bond donors (Lipinski definition) is 4. The second kappa shape index (κ2) is 12.3. The van der Waals surface area contributed by atoms with Crippen LogP contribution in [-0.4, -0.2) is 84.8 Å². The molecule has 28 heavy (non-hydrogen) atoms. The average Bonchev–Trinajstić information content (AvgIpc) is 2.65. The molecule has 10 nitrogen and oxygen atoms in total. The maximum Gasteiger partial charge on any atom is 0.241 e. The molecule has 2 aliphatic heterocycles. The highest BCUT2D eigenvalue weighted by molar-refractivity contribution is 5.84. The molecule has 4 amide bonds. The van der Waals surface area contributed by atoms with Crippen molar-refractivity contribution in [1.29, 1.82) is 0 Å². The van der Waals surface area contributed by atoms with E-state index in [9.17, 15) is 19.2 Å². The lowest BCUT2D eigenvalue weighted by molar-refractivity contribution is -0.133. The summed E-state index contributed by atoms with van der Waals surface area (Å²) in [6, 6.07) is 0.444. The van der Waals surface area contributed by atoms with E-state index in [1.807, 2.05) is 0 Å². The topological polar surface area (TPSA) is 151 Å². The van der Waals surface area contributed by atoms with Crippen LogP contribution < -0.4 is 22.1 Å². The molecule has 2 fully saturated rings. The average molecular weight is 399 g/mol. The zero-order valence-corrected chi connectivity index (χ0v) is 16.9. The molecule has 0 aromatic carbocycles. The van der Waals surface area contributed by atoms with Crippen molar-refractivity contribution in [1.82, 2.24) is 20.4 Å². The minimum atomic E-state index is -0.174. The van der Waals surface area contributed by atoms with Crippen molar-refractivity contribution in [2.45, 2.75) is 51.6 Å². The first-order valence-electron chi connectivity index (χ1n) is 9.74. The van der Waals surface area contributed by atoms with Crippen molar-refractivity contribution < 1.29 is 19.2 Å². The van der Waals surface area contributed by atoms with Crippen molar-refractivity contribution in [3.63, 3.8) is 0 Å². The minimum absolute atomic E-state index is 0.0212. The monoisotopic (exact) mass is 398 g/mol. The SMILES string of the molecule is CC(=O)NCC(=O)N1CCC(N)CC1.CC(=O)NCC(=O)N1CCC(N)CC1. The summed E-state index contributed by atoms with van der Waals surface area (Å²) in [5.74, 6) is -0.390. The van der Waals surface area contributed by atoms with Crippen molar-refractivity contribution in [3.05, 3.63) is 0 Å². The summed E-state index contributed by atoms with van der Waals surface area (Å²) < 4.78 is 0. The van der Waals surface area contributed by atoms with E-state index in [4.69, 9.17) is 11.5 Å². The molecule has 2 rings (SSSR count). The predicted octanol–water partition coefficient (Wildman–Crippen LogP) is -1.86. The fourth-order valence-corrected chi connectivity index (χ4v) is 2.92. The van der Waals surface area contributed by atoms with Crippen LogP contribution in [0.5, 0.6) is 0 Å². The first-order valence-corrected chi connectivity index (χ1v) is 9.74. The number of nitrogens with one attached hydrogen (secondary N) is 2. The van der Waals surface area contributed by atoms with Crippen molar-refractivity contribution in [2.24, 2.45) is 11.5 Å². The van der Waals surface area contributed by atoms with Gasteiger partial charge in [0.1, 0.15) is 0 Å². The Morgan fingerprint density at radius 3 is 1.25 bits per heavy atom. The third-order valence-corrected chi connectivity index (χ3v) is 4.76. The third kappa shape index (κ3) is 9.65. The number of hydrogen-bond acceptors (Lipinski definition) is 6. The zero-order chi connectivity index (χ0) is 21.1. The van der Waals surface area contributed by atoms with Crippen LogP contribution in [0.2, 0.25) is 0 Å². The van der Waals surface area contributed by atoms with Gasteiger partial charge in [0.05, 0.1) is 13.1 Å². The second-order valence-electron chi connectivity index (χ2n) is 7.26. The fraction of sp³-hybridized carbons (Fsp3) is 0.778. The maximum atomic E-state index is 11.5. The molecule has 0 aliphatic carbocycles. The van der Waals surface area contributed by atoms with E-state index in [-0.39, 0.29) is 48.8 Å². The van der Waals surface area contributed by atoms with Gasteiger partial charge in [0.25, 0.3) is 0 Å². The fourth-order valence-electron chi connectivity index (χ4n) is 2.92. The number of amides is 4. The lowest BCUT2D eigenvalue weighted by Crippen LogP contribution is -2.46. The van der Waals surface area contributed by atoms with Crippen LogP contribution in [0.1, 0.15) is 39.5 Å². The van der Waals surface area contributed by atoms with Crippen LogP contribution in [0.3, 0.4) is 0 Å². The number of carbonyl (C=O) groups excluding carboxylic acids is 4.